The van der Waals surface area contributed by atoms with Crippen LogP contribution in [0.3, 0.4) is 0 Å². The molecule has 7 heteroatoms. The summed E-state index contributed by atoms with van der Waals surface area (Å²) in [7, 11) is 0. The van der Waals surface area contributed by atoms with E-state index in [-0.39, 0.29) is 17.2 Å². The molecule has 1 aliphatic rings. The Balaban J connectivity index is 1.71. The van der Waals surface area contributed by atoms with Crippen LogP contribution in [-0.2, 0) is 11.3 Å². The summed E-state index contributed by atoms with van der Waals surface area (Å²) in [4.78, 5) is 16.9. The maximum atomic E-state index is 12.8. The molecule has 1 saturated carbocycles. The first-order chi connectivity index (χ1) is 13.5. The van der Waals surface area contributed by atoms with Gasteiger partial charge in [0.2, 0.25) is 5.91 Å². The lowest BCUT2D eigenvalue weighted by Crippen LogP contribution is -2.46. The number of hydrogen-bond acceptors (Lipinski definition) is 5. The molecule has 2 heterocycles. The van der Waals surface area contributed by atoms with Crippen molar-refractivity contribution in [1.29, 1.82) is 0 Å². The second-order valence-corrected chi connectivity index (χ2v) is 8.89. The smallest absolute Gasteiger partial charge is 0.233 e. The van der Waals surface area contributed by atoms with Crippen LogP contribution >= 0.6 is 11.8 Å². The number of nitrogens with one attached hydrogen (secondary N) is 1. The third-order valence-electron chi connectivity index (χ3n) is 5.65. The maximum absolute atomic E-state index is 12.8. The van der Waals surface area contributed by atoms with Gasteiger partial charge in [-0.2, -0.15) is 0 Å². The van der Waals surface area contributed by atoms with Gasteiger partial charge in [0.1, 0.15) is 0 Å². The van der Waals surface area contributed by atoms with Crippen molar-refractivity contribution in [3.8, 4) is 11.4 Å². The number of pyridine rings is 1. The molecule has 0 spiro atoms. The standard InChI is InChI=1S/C21H29N5OS/c1-5-13-26-19(17-9-11-22-12-10-17)24-25-21(26)28-16(4)20(27)23-18-8-6-7-14(2)15(18)3/h5,9-12,14-16,18H,1,6-8,13H2,2-4H3,(H,23,27)/t14-,15+,16+,18-/m0/s1. The monoisotopic (exact) mass is 399 g/mol. The largest absolute Gasteiger partial charge is 0.352 e. The molecule has 0 aliphatic heterocycles. The van der Waals surface area contributed by atoms with E-state index in [1.54, 1.807) is 12.4 Å². The van der Waals surface area contributed by atoms with Gasteiger partial charge in [0, 0.05) is 30.5 Å². The lowest BCUT2D eigenvalue weighted by Gasteiger charge is -2.35. The fourth-order valence-electron chi connectivity index (χ4n) is 3.68. The Morgan fingerprint density at radius 2 is 2.11 bits per heavy atom. The molecular weight excluding hydrogens is 370 g/mol. The number of carbonyl (C=O) groups excluding carboxylic acids is 1. The van der Waals surface area contributed by atoms with Crippen LogP contribution in [0, 0.1) is 11.8 Å². The molecule has 6 nitrogen and oxygen atoms in total. The van der Waals surface area contributed by atoms with Crippen LogP contribution in [0.4, 0.5) is 0 Å². The predicted molar refractivity (Wildman–Crippen MR) is 113 cm³/mol. The van der Waals surface area contributed by atoms with Crippen LogP contribution in [-0.4, -0.2) is 36.9 Å². The third-order valence-corrected chi connectivity index (χ3v) is 6.73. The van der Waals surface area contributed by atoms with Crippen molar-refractivity contribution >= 4 is 17.7 Å². The van der Waals surface area contributed by atoms with Gasteiger partial charge in [-0.1, -0.05) is 44.5 Å². The average molecular weight is 400 g/mol. The molecule has 1 aliphatic carbocycles. The summed E-state index contributed by atoms with van der Waals surface area (Å²) in [5.74, 6) is 1.99. The molecule has 0 bridgehead atoms. The molecule has 0 radical (unpaired) electrons. The van der Waals surface area contributed by atoms with Gasteiger partial charge < -0.3 is 5.32 Å². The van der Waals surface area contributed by atoms with Crippen LogP contribution < -0.4 is 5.32 Å². The lowest BCUT2D eigenvalue weighted by molar-refractivity contribution is -0.121. The maximum Gasteiger partial charge on any atom is 0.233 e. The highest BCUT2D eigenvalue weighted by Crippen LogP contribution is 2.31. The Bertz CT molecular complexity index is 806. The zero-order chi connectivity index (χ0) is 20.1. The van der Waals surface area contributed by atoms with Gasteiger partial charge in [0.15, 0.2) is 11.0 Å². The van der Waals surface area contributed by atoms with E-state index in [1.807, 2.05) is 29.7 Å². The molecule has 28 heavy (non-hydrogen) atoms. The minimum atomic E-state index is -0.248. The summed E-state index contributed by atoms with van der Waals surface area (Å²) in [6.07, 6.45) is 8.78. The van der Waals surface area contributed by atoms with Crippen molar-refractivity contribution in [2.24, 2.45) is 11.8 Å². The Morgan fingerprint density at radius 3 is 2.82 bits per heavy atom. The molecule has 0 unspecified atom stereocenters. The van der Waals surface area contributed by atoms with Crippen LogP contribution in [0.1, 0.15) is 40.0 Å². The van der Waals surface area contributed by atoms with E-state index in [9.17, 15) is 4.79 Å². The topological polar surface area (TPSA) is 72.7 Å². The first kappa shape index (κ1) is 20.6. The van der Waals surface area contributed by atoms with Crippen molar-refractivity contribution in [3.05, 3.63) is 37.2 Å². The summed E-state index contributed by atoms with van der Waals surface area (Å²) < 4.78 is 1.99. The van der Waals surface area contributed by atoms with E-state index in [1.165, 1.54) is 24.6 Å². The number of rotatable bonds is 7. The minimum absolute atomic E-state index is 0.0644. The Morgan fingerprint density at radius 1 is 1.36 bits per heavy atom. The SMILES string of the molecule is C=CCn1c(S[C@H](C)C(=O)N[C@H]2CCC[C@H](C)[C@H]2C)nnc1-c1ccncc1. The lowest BCUT2D eigenvalue weighted by atomic mass is 9.78. The fraction of sp³-hybridized carbons (Fsp3) is 0.524. The fourth-order valence-corrected chi connectivity index (χ4v) is 4.55. The highest BCUT2D eigenvalue weighted by Gasteiger charge is 2.30. The Labute approximate surface area is 171 Å². The van der Waals surface area contributed by atoms with Crippen molar-refractivity contribution in [3.63, 3.8) is 0 Å². The number of aromatic nitrogens is 4. The molecule has 2 aromatic heterocycles. The van der Waals surface area contributed by atoms with Gasteiger partial charge in [0.05, 0.1) is 5.25 Å². The third kappa shape index (κ3) is 4.63. The van der Waals surface area contributed by atoms with E-state index in [2.05, 4.69) is 40.9 Å². The number of allylic oxidation sites excluding steroid dienone is 1. The first-order valence-electron chi connectivity index (χ1n) is 9.92. The molecule has 3 rings (SSSR count). The molecular formula is C21H29N5OS. The second-order valence-electron chi connectivity index (χ2n) is 7.58. The molecule has 4 atom stereocenters. The minimum Gasteiger partial charge on any atom is -0.352 e. The predicted octanol–water partition coefficient (Wildman–Crippen LogP) is 3.95. The van der Waals surface area contributed by atoms with E-state index >= 15 is 0 Å². The quantitative estimate of drug-likeness (QED) is 0.564. The van der Waals surface area contributed by atoms with Gasteiger partial charge >= 0.3 is 0 Å². The van der Waals surface area contributed by atoms with E-state index in [4.69, 9.17) is 0 Å². The molecule has 0 aromatic carbocycles. The summed E-state index contributed by atoms with van der Waals surface area (Å²) in [5, 5.41) is 12.4. The van der Waals surface area contributed by atoms with Crippen molar-refractivity contribution in [1.82, 2.24) is 25.1 Å². The Kier molecular flexibility index (Phi) is 6.88. The van der Waals surface area contributed by atoms with Crippen molar-refractivity contribution in [2.75, 3.05) is 0 Å². The molecule has 1 fully saturated rings. The number of hydrogen-bond donors (Lipinski definition) is 1. The summed E-state index contributed by atoms with van der Waals surface area (Å²) in [6.45, 7) is 10.9. The van der Waals surface area contributed by atoms with Crippen LogP contribution in [0.2, 0.25) is 0 Å². The van der Waals surface area contributed by atoms with E-state index in [0.717, 1.165) is 23.0 Å². The number of carbonyl (C=O) groups is 1. The molecule has 150 valence electrons. The zero-order valence-electron chi connectivity index (χ0n) is 16.8. The molecule has 2 aromatic rings. The van der Waals surface area contributed by atoms with Gasteiger partial charge in [-0.3, -0.25) is 14.3 Å². The average Bonchev–Trinajstić information content (AvgIpc) is 3.08. The van der Waals surface area contributed by atoms with E-state index < -0.39 is 0 Å². The number of thioether (sulfide) groups is 1. The van der Waals surface area contributed by atoms with Crippen LogP contribution in [0.5, 0.6) is 0 Å². The van der Waals surface area contributed by atoms with Gasteiger partial charge in [-0.15, -0.1) is 16.8 Å². The Hall–Kier alpha value is -2.15. The number of amides is 1. The normalized spacial score (nSPS) is 23.2. The first-order valence-corrected chi connectivity index (χ1v) is 10.8. The zero-order valence-corrected chi connectivity index (χ0v) is 17.7. The van der Waals surface area contributed by atoms with Gasteiger partial charge in [-0.05, 0) is 37.3 Å². The second kappa shape index (κ2) is 9.37. The molecule has 0 saturated heterocycles. The van der Waals surface area contributed by atoms with Gasteiger partial charge in [0.25, 0.3) is 0 Å². The van der Waals surface area contributed by atoms with E-state index in [0.29, 0.717) is 18.4 Å². The van der Waals surface area contributed by atoms with Crippen molar-refractivity contribution < 1.29 is 4.79 Å². The van der Waals surface area contributed by atoms with Crippen molar-refractivity contribution in [2.45, 2.75) is 63.0 Å². The summed E-state index contributed by atoms with van der Waals surface area (Å²) >= 11 is 1.44. The molecule has 1 amide bonds. The molecule has 1 N–H and O–H groups in total. The van der Waals surface area contributed by atoms with Crippen LogP contribution in [0.25, 0.3) is 11.4 Å². The number of nitrogens with zero attached hydrogens (tertiary/aromatic N) is 4. The summed E-state index contributed by atoms with van der Waals surface area (Å²) in [6, 6.07) is 4.07. The van der Waals surface area contributed by atoms with Gasteiger partial charge in [-0.25, -0.2) is 0 Å². The van der Waals surface area contributed by atoms with Crippen LogP contribution in [0.15, 0.2) is 42.3 Å². The highest BCUT2D eigenvalue weighted by atomic mass is 32.2. The summed E-state index contributed by atoms with van der Waals surface area (Å²) in [5.41, 5.74) is 0.943. The highest BCUT2D eigenvalue weighted by molar-refractivity contribution is 8.00.